The third kappa shape index (κ3) is 4.56. The van der Waals surface area contributed by atoms with E-state index >= 15 is 0 Å². The van der Waals surface area contributed by atoms with Gasteiger partial charge in [-0.2, -0.15) is 0 Å². The highest BCUT2D eigenvalue weighted by Gasteiger charge is 2.01. The van der Waals surface area contributed by atoms with Crippen molar-refractivity contribution in [2.75, 3.05) is 6.61 Å². The van der Waals surface area contributed by atoms with E-state index in [1.54, 1.807) is 0 Å². The van der Waals surface area contributed by atoms with Crippen molar-refractivity contribution in [1.29, 1.82) is 0 Å². The van der Waals surface area contributed by atoms with Gasteiger partial charge in [0.1, 0.15) is 12.0 Å². The first-order chi connectivity index (χ1) is 5.22. The molecule has 64 valence electrons. The van der Waals surface area contributed by atoms with Crippen LogP contribution in [0.3, 0.4) is 0 Å². The van der Waals surface area contributed by atoms with Gasteiger partial charge in [0, 0.05) is 6.42 Å². The first kappa shape index (κ1) is 10.2. The largest absolute Gasteiger partial charge is 0.496 e. The van der Waals surface area contributed by atoms with Crippen LogP contribution in [0.2, 0.25) is 0 Å². The number of nitrogens with two attached hydrogens (primary N) is 1. The third-order valence-corrected chi connectivity index (χ3v) is 1.24. The molecule has 2 N–H and O–H groups in total. The molecule has 0 rings (SSSR count). The molecule has 1 unspecified atom stereocenters. The normalized spacial score (nSPS) is 14.3. The number of rotatable bonds is 5. The maximum absolute atomic E-state index is 9.91. The van der Waals surface area contributed by atoms with Crippen molar-refractivity contribution in [2.45, 2.75) is 26.3 Å². The number of allylic oxidation sites excluding steroid dienone is 1. The van der Waals surface area contributed by atoms with Gasteiger partial charge in [0.2, 0.25) is 0 Å². The minimum atomic E-state index is -0.0911. The first-order valence-corrected chi connectivity index (χ1v) is 3.70. The van der Waals surface area contributed by atoms with E-state index in [1.165, 1.54) is 0 Å². The number of carbonyl (C=O) groups is 1. The van der Waals surface area contributed by atoms with Crippen LogP contribution in [0.1, 0.15) is 20.3 Å². The van der Waals surface area contributed by atoms with Crippen LogP contribution < -0.4 is 5.73 Å². The SMILES string of the molecule is C/C=C(\OCCC=O)C(C)N. The summed E-state index contributed by atoms with van der Waals surface area (Å²) in [4.78, 5) is 9.91. The Morgan fingerprint density at radius 2 is 2.36 bits per heavy atom. The van der Waals surface area contributed by atoms with Crippen molar-refractivity contribution in [1.82, 2.24) is 0 Å². The smallest absolute Gasteiger partial charge is 0.123 e. The van der Waals surface area contributed by atoms with E-state index < -0.39 is 0 Å². The van der Waals surface area contributed by atoms with E-state index in [-0.39, 0.29) is 6.04 Å². The van der Waals surface area contributed by atoms with Gasteiger partial charge in [0.25, 0.3) is 0 Å². The van der Waals surface area contributed by atoms with Crippen LogP contribution in [0, 0.1) is 0 Å². The van der Waals surface area contributed by atoms with Crippen molar-refractivity contribution in [2.24, 2.45) is 5.73 Å². The van der Waals surface area contributed by atoms with E-state index in [9.17, 15) is 4.79 Å². The Morgan fingerprint density at radius 3 is 2.73 bits per heavy atom. The molecule has 0 aliphatic carbocycles. The number of hydrogen-bond acceptors (Lipinski definition) is 3. The fourth-order valence-corrected chi connectivity index (χ4v) is 0.703. The van der Waals surface area contributed by atoms with Gasteiger partial charge in [-0.3, -0.25) is 0 Å². The maximum Gasteiger partial charge on any atom is 0.123 e. The standard InChI is InChI=1S/C8H15NO2/c1-3-8(7(2)9)11-6-4-5-10/h3,5,7H,4,6,9H2,1-2H3/b8-3-. The van der Waals surface area contributed by atoms with Gasteiger partial charge >= 0.3 is 0 Å². The molecule has 3 nitrogen and oxygen atoms in total. The Labute approximate surface area is 67.2 Å². The van der Waals surface area contributed by atoms with Gasteiger partial charge in [-0.25, -0.2) is 0 Å². The molecular weight excluding hydrogens is 142 g/mol. The van der Waals surface area contributed by atoms with Crippen molar-refractivity contribution in [3.63, 3.8) is 0 Å². The Kier molecular flexibility index (Phi) is 5.47. The molecule has 1 atom stereocenters. The van der Waals surface area contributed by atoms with E-state index in [2.05, 4.69) is 0 Å². The minimum absolute atomic E-state index is 0.0911. The summed E-state index contributed by atoms with van der Waals surface area (Å²) >= 11 is 0. The highest BCUT2D eigenvalue weighted by Crippen LogP contribution is 2.01. The lowest BCUT2D eigenvalue weighted by molar-refractivity contribution is -0.108. The van der Waals surface area contributed by atoms with Crippen LogP contribution >= 0.6 is 0 Å². The Hall–Kier alpha value is -0.830. The average molecular weight is 157 g/mol. The van der Waals surface area contributed by atoms with Crippen LogP contribution in [0.5, 0.6) is 0 Å². The first-order valence-electron chi connectivity index (χ1n) is 3.70. The predicted octanol–water partition coefficient (Wildman–Crippen LogP) is 0.843. The lowest BCUT2D eigenvalue weighted by Gasteiger charge is -2.11. The summed E-state index contributed by atoms with van der Waals surface area (Å²) < 4.78 is 5.20. The zero-order chi connectivity index (χ0) is 8.69. The Bertz CT molecular complexity index is 141. The number of ether oxygens (including phenoxy) is 1. The molecule has 3 heteroatoms. The predicted molar refractivity (Wildman–Crippen MR) is 44.0 cm³/mol. The summed E-state index contributed by atoms with van der Waals surface area (Å²) in [5.41, 5.74) is 5.55. The molecule has 0 amide bonds. The summed E-state index contributed by atoms with van der Waals surface area (Å²) in [5, 5.41) is 0. The van der Waals surface area contributed by atoms with E-state index in [0.29, 0.717) is 13.0 Å². The monoisotopic (exact) mass is 157 g/mol. The second-order valence-electron chi connectivity index (χ2n) is 2.28. The second kappa shape index (κ2) is 5.92. The van der Waals surface area contributed by atoms with Crippen LogP contribution in [0.25, 0.3) is 0 Å². The summed E-state index contributed by atoms with van der Waals surface area (Å²) in [7, 11) is 0. The van der Waals surface area contributed by atoms with Crippen LogP contribution in [0.4, 0.5) is 0 Å². The fourth-order valence-electron chi connectivity index (χ4n) is 0.703. The highest BCUT2D eigenvalue weighted by atomic mass is 16.5. The van der Waals surface area contributed by atoms with Crippen molar-refractivity contribution in [3.05, 3.63) is 11.8 Å². The summed E-state index contributed by atoms with van der Waals surface area (Å²) in [6, 6.07) is -0.0911. The zero-order valence-electron chi connectivity index (χ0n) is 7.04. The summed E-state index contributed by atoms with van der Waals surface area (Å²) in [5.74, 6) is 0.742. The number of aldehydes is 1. The van der Waals surface area contributed by atoms with Gasteiger partial charge in [0.05, 0.1) is 12.6 Å². The molecule has 11 heavy (non-hydrogen) atoms. The second-order valence-corrected chi connectivity index (χ2v) is 2.28. The molecule has 0 spiro atoms. The molecule has 0 aliphatic heterocycles. The Morgan fingerprint density at radius 1 is 1.73 bits per heavy atom. The van der Waals surface area contributed by atoms with Gasteiger partial charge < -0.3 is 15.3 Å². The highest BCUT2D eigenvalue weighted by molar-refractivity contribution is 5.49. The summed E-state index contributed by atoms with van der Waals surface area (Å²) in [6.07, 6.45) is 3.06. The topological polar surface area (TPSA) is 52.3 Å². The molecule has 0 saturated heterocycles. The van der Waals surface area contributed by atoms with E-state index in [1.807, 2.05) is 19.9 Å². The molecule has 0 aliphatic rings. The van der Waals surface area contributed by atoms with Crippen LogP contribution in [0.15, 0.2) is 11.8 Å². The van der Waals surface area contributed by atoms with E-state index in [4.69, 9.17) is 10.5 Å². The van der Waals surface area contributed by atoms with Gasteiger partial charge in [-0.1, -0.05) is 0 Å². The minimum Gasteiger partial charge on any atom is -0.496 e. The molecule has 0 fully saturated rings. The van der Waals surface area contributed by atoms with Gasteiger partial charge in [0.15, 0.2) is 0 Å². The number of carbonyl (C=O) groups excluding carboxylic acids is 1. The fraction of sp³-hybridized carbons (Fsp3) is 0.625. The van der Waals surface area contributed by atoms with E-state index in [0.717, 1.165) is 12.0 Å². The van der Waals surface area contributed by atoms with Gasteiger partial charge in [-0.05, 0) is 19.9 Å². The zero-order valence-corrected chi connectivity index (χ0v) is 7.04. The molecule has 0 radical (unpaired) electrons. The lowest BCUT2D eigenvalue weighted by atomic mass is 10.3. The molecule has 0 saturated carbocycles. The van der Waals surface area contributed by atoms with Crippen LogP contribution in [-0.2, 0) is 9.53 Å². The average Bonchev–Trinajstić information content (AvgIpc) is 1.97. The van der Waals surface area contributed by atoms with Gasteiger partial charge in [-0.15, -0.1) is 0 Å². The van der Waals surface area contributed by atoms with Crippen molar-refractivity contribution >= 4 is 6.29 Å². The molecule has 0 aromatic rings. The molecule has 0 heterocycles. The summed E-state index contributed by atoms with van der Waals surface area (Å²) in [6.45, 7) is 4.13. The third-order valence-electron chi connectivity index (χ3n) is 1.24. The van der Waals surface area contributed by atoms with Crippen molar-refractivity contribution in [3.8, 4) is 0 Å². The Balaban J connectivity index is 3.62. The molecular formula is C8H15NO2. The maximum atomic E-state index is 9.91. The lowest BCUT2D eigenvalue weighted by Crippen LogP contribution is -2.20. The molecule has 0 aromatic carbocycles. The molecule has 0 aromatic heterocycles. The number of hydrogen-bond donors (Lipinski definition) is 1. The van der Waals surface area contributed by atoms with Crippen molar-refractivity contribution < 1.29 is 9.53 Å². The quantitative estimate of drug-likeness (QED) is 0.365. The molecule has 0 bridgehead atoms. The van der Waals surface area contributed by atoms with Crippen LogP contribution in [-0.4, -0.2) is 18.9 Å².